The molecule has 0 saturated heterocycles. The average molecular weight is 349 g/mol. The van der Waals surface area contributed by atoms with E-state index in [1.54, 1.807) is 0 Å². The Bertz CT molecular complexity index is 887. The first-order valence-electron chi connectivity index (χ1n) is 7.62. The molecule has 0 heterocycles. The minimum absolute atomic E-state index is 0. The molecule has 24 heavy (non-hydrogen) atoms. The molecule has 124 valence electrons. The van der Waals surface area contributed by atoms with Crippen LogP contribution in [0.1, 0.15) is 25.8 Å². The van der Waals surface area contributed by atoms with Crippen LogP contribution in [-0.4, -0.2) is 3.81 Å². The monoisotopic (exact) mass is 349 g/mol. The molecule has 1 aliphatic carbocycles. The largest absolute Gasteiger partial charge is 0.358 e. The first-order valence-corrected chi connectivity index (χ1v) is 8.40. The maximum absolute atomic E-state index is 2.32. The van der Waals surface area contributed by atoms with Crippen LogP contribution in [0, 0.1) is 14.9 Å². The van der Waals surface area contributed by atoms with Crippen LogP contribution in [-0.2, 0) is 20.0 Å². The quantitative estimate of drug-likeness (QED) is 0.339. The average Bonchev–Trinajstić information content (AvgIpc) is 3.14. The van der Waals surface area contributed by atoms with Crippen LogP contribution in [0.3, 0.4) is 0 Å². The zero-order valence-corrected chi connectivity index (χ0v) is 16.6. The fourth-order valence-corrected chi connectivity index (χ4v) is 2.91. The van der Waals surface area contributed by atoms with E-state index >= 15 is 0 Å². The SMILES string of the molecule is C1=CCC(c2cccc3c2[cH-]c2ccccc23)=C1.C[C](C)=[Ti].[CH3-].[CH3-]. The van der Waals surface area contributed by atoms with Gasteiger partial charge in [0.2, 0.25) is 0 Å². The van der Waals surface area contributed by atoms with Crippen LogP contribution in [0.4, 0.5) is 0 Å². The van der Waals surface area contributed by atoms with Crippen LogP contribution < -0.4 is 0 Å². The molecule has 0 nitrogen and oxygen atoms in total. The summed E-state index contributed by atoms with van der Waals surface area (Å²) in [6.07, 6.45) is 7.65. The second-order valence-corrected chi connectivity index (χ2v) is 7.38. The van der Waals surface area contributed by atoms with E-state index < -0.39 is 0 Å². The zero-order chi connectivity index (χ0) is 15.5. The van der Waals surface area contributed by atoms with E-state index in [0.717, 1.165) is 6.42 Å². The van der Waals surface area contributed by atoms with Crippen molar-refractivity contribution in [3.8, 4) is 0 Å². The number of hydrogen-bond donors (Lipinski definition) is 0. The van der Waals surface area contributed by atoms with Crippen molar-refractivity contribution in [2.75, 3.05) is 0 Å². The topological polar surface area (TPSA) is 0 Å². The summed E-state index contributed by atoms with van der Waals surface area (Å²) in [4.78, 5) is 0. The minimum Gasteiger partial charge on any atom is -0.358 e. The van der Waals surface area contributed by atoms with Gasteiger partial charge in [0.05, 0.1) is 0 Å². The van der Waals surface area contributed by atoms with Crippen molar-refractivity contribution in [3.63, 3.8) is 0 Å². The summed E-state index contributed by atoms with van der Waals surface area (Å²) < 4.78 is 1.42. The summed E-state index contributed by atoms with van der Waals surface area (Å²) in [6.45, 7) is 4.17. The molecule has 0 spiro atoms. The molecule has 0 aliphatic heterocycles. The van der Waals surface area contributed by atoms with E-state index in [1.807, 2.05) is 0 Å². The molecule has 0 atom stereocenters. The van der Waals surface area contributed by atoms with Gasteiger partial charge in [-0.1, -0.05) is 65.8 Å². The van der Waals surface area contributed by atoms with Gasteiger partial charge in [-0.25, -0.2) is 0 Å². The summed E-state index contributed by atoms with van der Waals surface area (Å²) in [5.74, 6) is 0. The summed E-state index contributed by atoms with van der Waals surface area (Å²) in [7, 11) is 0. The van der Waals surface area contributed by atoms with E-state index in [-0.39, 0.29) is 14.9 Å². The van der Waals surface area contributed by atoms with Crippen molar-refractivity contribution >= 4 is 30.9 Å². The molecular weight excluding hydrogens is 324 g/mol. The Labute approximate surface area is 158 Å². The van der Waals surface area contributed by atoms with Crippen molar-refractivity contribution in [1.82, 2.24) is 0 Å². The Kier molecular flexibility index (Phi) is 7.67. The maximum Gasteiger partial charge on any atom is -0.358 e. The third-order valence-corrected chi connectivity index (χ3v) is 3.77. The second kappa shape index (κ2) is 9.01. The molecule has 0 amide bonds. The fourth-order valence-electron chi connectivity index (χ4n) is 2.91. The van der Waals surface area contributed by atoms with Crippen molar-refractivity contribution in [2.45, 2.75) is 20.3 Å². The molecule has 4 rings (SSSR count). The standard InChI is InChI=1S/C18H13.C3H6.2CH3.Ti/c1-2-7-13(6-1)15-10-5-11-17-16-9-4-3-8-14(16)12-18(15)17;1-3-2;;;/h1-6,8-12H,7H2;1-2H3;2*1H3;/q-1;;2*-1;. The Balaban J connectivity index is 0.000000438. The van der Waals surface area contributed by atoms with Crippen LogP contribution >= 0.6 is 0 Å². The summed E-state index contributed by atoms with van der Waals surface area (Å²) in [6, 6.07) is 17.6. The molecule has 0 N–H and O–H groups in total. The third kappa shape index (κ3) is 4.26. The fraction of sp³-hybridized carbons (Fsp3) is 0.130. The van der Waals surface area contributed by atoms with Gasteiger partial charge in [-0.2, -0.15) is 0 Å². The van der Waals surface area contributed by atoms with Crippen molar-refractivity contribution in [2.24, 2.45) is 0 Å². The van der Waals surface area contributed by atoms with E-state index in [0.29, 0.717) is 0 Å². The summed E-state index contributed by atoms with van der Waals surface area (Å²) in [5.41, 5.74) is 2.81. The normalized spacial score (nSPS) is 12.0. The maximum atomic E-state index is 2.32. The summed E-state index contributed by atoms with van der Waals surface area (Å²) in [5, 5.41) is 5.46. The van der Waals surface area contributed by atoms with Crippen molar-refractivity contribution in [1.29, 1.82) is 0 Å². The molecule has 1 heteroatoms. The number of allylic oxidation sites excluding steroid dienone is 4. The Hall–Kier alpha value is -1.63. The third-order valence-electron chi connectivity index (χ3n) is 3.77. The molecular formula is C23H25Ti-3. The van der Waals surface area contributed by atoms with Gasteiger partial charge < -0.3 is 14.9 Å². The summed E-state index contributed by atoms with van der Waals surface area (Å²) >= 11 is 2.08. The van der Waals surface area contributed by atoms with Crippen LogP contribution in [0.5, 0.6) is 0 Å². The molecule has 0 aromatic heterocycles. The van der Waals surface area contributed by atoms with Gasteiger partial charge in [0.15, 0.2) is 0 Å². The van der Waals surface area contributed by atoms with Crippen molar-refractivity contribution < 1.29 is 20.0 Å². The number of fused-ring (bicyclic) bond motifs is 3. The van der Waals surface area contributed by atoms with E-state index in [2.05, 4.69) is 101 Å². The van der Waals surface area contributed by atoms with E-state index in [1.165, 1.54) is 36.5 Å². The Morgan fingerprint density at radius 1 is 0.958 bits per heavy atom. The van der Waals surface area contributed by atoms with Gasteiger partial charge in [0.1, 0.15) is 0 Å². The zero-order valence-electron chi connectivity index (χ0n) is 15.1. The van der Waals surface area contributed by atoms with Gasteiger partial charge in [-0.15, -0.1) is 33.7 Å². The smallest absolute Gasteiger partial charge is 0.358 e. The Morgan fingerprint density at radius 2 is 1.62 bits per heavy atom. The van der Waals surface area contributed by atoms with E-state index in [9.17, 15) is 0 Å². The molecule has 3 aromatic rings. The van der Waals surface area contributed by atoms with E-state index in [4.69, 9.17) is 0 Å². The van der Waals surface area contributed by atoms with Gasteiger partial charge in [0, 0.05) is 0 Å². The van der Waals surface area contributed by atoms with Gasteiger partial charge in [-0.05, 0) is 6.42 Å². The molecule has 0 unspecified atom stereocenters. The predicted octanol–water partition coefficient (Wildman–Crippen LogP) is 6.70. The molecule has 0 radical (unpaired) electrons. The first kappa shape index (κ1) is 20.4. The van der Waals surface area contributed by atoms with Crippen molar-refractivity contribution in [3.05, 3.63) is 87.2 Å². The number of hydrogen-bond acceptors (Lipinski definition) is 0. The van der Waals surface area contributed by atoms with Crippen LogP contribution in [0.2, 0.25) is 0 Å². The minimum atomic E-state index is 0. The Morgan fingerprint density at radius 3 is 2.29 bits per heavy atom. The second-order valence-electron chi connectivity index (χ2n) is 5.82. The predicted molar refractivity (Wildman–Crippen MR) is 108 cm³/mol. The van der Waals surface area contributed by atoms with Gasteiger partial charge >= 0.3 is 37.6 Å². The first-order chi connectivity index (χ1) is 10.7. The number of rotatable bonds is 1. The van der Waals surface area contributed by atoms with Gasteiger partial charge in [0.25, 0.3) is 0 Å². The molecule has 3 aromatic carbocycles. The number of benzene rings is 2. The molecule has 0 saturated carbocycles. The van der Waals surface area contributed by atoms with Crippen LogP contribution in [0.25, 0.3) is 27.1 Å². The van der Waals surface area contributed by atoms with Gasteiger partial charge in [-0.3, -0.25) is 0 Å². The molecule has 0 bridgehead atoms. The molecule has 0 fully saturated rings. The molecule has 1 aliphatic rings. The van der Waals surface area contributed by atoms with Crippen LogP contribution in [0.15, 0.2) is 66.8 Å².